The SMILES string of the molecule is CCCN(CC(F)F)C(=O)COc1ccc(C2SCCCS2)cc1. The number of rotatable bonds is 8. The highest BCUT2D eigenvalue weighted by Crippen LogP contribution is 2.43. The van der Waals surface area contributed by atoms with E-state index in [1.807, 2.05) is 54.7 Å². The third-order valence-corrected chi connectivity index (χ3v) is 6.56. The number of amides is 1. The van der Waals surface area contributed by atoms with Gasteiger partial charge in [-0.3, -0.25) is 4.79 Å². The van der Waals surface area contributed by atoms with E-state index in [2.05, 4.69) is 0 Å². The van der Waals surface area contributed by atoms with Gasteiger partial charge in [0.05, 0.1) is 11.1 Å². The Morgan fingerprint density at radius 2 is 1.96 bits per heavy atom. The maximum Gasteiger partial charge on any atom is 0.260 e. The first-order valence-corrected chi connectivity index (χ1v) is 10.2. The minimum atomic E-state index is -2.52. The molecular weight excluding hydrogens is 352 g/mol. The van der Waals surface area contributed by atoms with Crippen LogP contribution in [0.4, 0.5) is 8.78 Å². The number of hydrogen-bond donors (Lipinski definition) is 0. The molecule has 1 aliphatic rings. The van der Waals surface area contributed by atoms with E-state index in [-0.39, 0.29) is 6.61 Å². The largest absolute Gasteiger partial charge is 0.484 e. The minimum absolute atomic E-state index is 0.209. The topological polar surface area (TPSA) is 29.5 Å². The minimum Gasteiger partial charge on any atom is -0.484 e. The summed E-state index contributed by atoms with van der Waals surface area (Å²) in [7, 11) is 0. The number of carbonyl (C=O) groups is 1. The van der Waals surface area contributed by atoms with E-state index in [4.69, 9.17) is 4.74 Å². The van der Waals surface area contributed by atoms with Gasteiger partial charge in [0, 0.05) is 6.54 Å². The number of nitrogens with zero attached hydrogens (tertiary/aromatic N) is 1. The second-order valence-electron chi connectivity index (χ2n) is 5.52. The molecular formula is C17H23F2NO2S2. The summed E-state index contributed by atoms with van der Waals surface area (Å²) >= 11 is 3.89. The average molecular weight is 376 g/mol. The number of halogens is 2. The predicted octanol–water partition coefficient (Wildman–Crippen LogP) is 4.44. The summed E-state index contributed by atoms with van der Waals surface area (Å²) in [6, 6.07) is 7.71. The van der Waals surface area contributed by atoms with Gasteiger partial charge in [0.2, 0.25) is 0 Å². The van der Waals surface area contributed by atoms with Crippen molar-refractivity contribution < 1.29 is 18.3 Å². The number of benzene rings is 1. The van der Waals surface area contributed by atoms with Crippen molar-refractivity contribution in [1.82, 2.24) is 4.90 Å². The van der Waals surface area contributed by atoms with Crippen LogP contribution < -0.4 is 4.74 Å². The van der Waals surface area contributed by atoms with E-state index in [1.54, 1.807) is 0 Å². The highest BCUT2D eigenvalue weighted by Gasteiger charge is 2.19. The van der Waals surface area contributed by atoms with Gasteiger partial charge < -0.3 is 9.64 Å². The van der Waals surface area contributed by atoms with Gasteiger partial charge in [-0.05, 0) is 42.0 Å². The van der Waals surface area contributed by atoms with E-state index in [0.29, 0.717) is 23.3 Å². The first-order chi connectivity index (χ1) is 11.6. The number of carbonyl (C=O) groups excluding carboxylic acids is 1. The van der Waals surface area contributed by atoms with Crippen LogP contribution >= 0.6 is 23.5 Å². The lowest BCUT2D eigenvalue weighted by atomic mass is 10.2. The maximum absolute atomic E-state index is 12.5. The van der Waals surface area contributed by atoms with Crippen LogP contribution in [0.15, 0.2) is 24.3 Å². The second kappa shape index (κ2) is 10.1. The van der Waals surface area contributed by atoms with E-state index in [9.17, 15) is 13.6 Å². The number of hydrogen-bond acceptors (Lipinski definition) is 4. The monoisotopic (exact) mass is 375 g/mol. The fourth-order valence-corrected chi connectivity index (χ4v) is 5.29. The normalized spacial score (nSPS) is 15.5. The first kappa shape index (κ1) is 19.4. The molecule has 0 aromatic heterocycles. The van der Waals surface area contributed by atoms with Crippen LogP contribution in [0, 0.1) is 0 Å². The Hall–Kier alpha value is -0.950. The van der Waals surface area contributed by atoms with Crippen molar-refractivity contribution in [3.8, 4) is 5.75 Å². The van der Waals surface area contributed by atoms with Gasteiger partial charge in [0.1, 0.15) is 5.75 Å². The molecule has 3 nitrogen and oxygen atoms in total. The zero-order chi connectivity index (χ0) is 17.4. The van der Waals surface area contributed by atoms with E-state index < -0.39 is 18.9 Å². The third-order valence-electron chi connectivity index (χ3n) is 3.55. The van der Waals surface area contributed by atoms with Crippen LogP contribution in [-0.2, 0) is 4.79 Å². The summed E-state index contributed by atoms with van der Waals surface area (Å²) < 4.78 is 31.0. The fourth-order valence-electron chi connectivity index (χ4n) is 2.39. The molecule has 24 heavy (non-hydrogen) atoms. The number of alkyl halides is 2. The lowest BCUT2D eigenvalue weighted by molar-refractivity contribution is -0.135. The summed E-state index contributed by atoms with van der Waals surface area (Å²) in [5, 5.41) is 0. The molecule has 0 aliphatic carbocycles. The molecule has 1 aliphatic heterocycles. The van der Waals surface area contributed by atoms with Crippen LogP contribution in [0.5, 0.6) is 5.75 Å². The van der Waals surface area contributed by atoms with Gasteiger partial charge in [-0.15, -0.1) is 23.5 Å². The van der Waals surface area contributed by atoms with Crippen molar-refractivity contribution in [1.29, 1.82) is 0 Å². The second-order valence-corrected chi connectivity index (χ2v) is 8.24. The molecule has 1 heterocycles. The highest BCUT2D eigenvalue weighted by molar-refractivity contribution is 8.16. The van der Waals surface area contributed by atoms with Crippen molar-refractivity contribution >= 4 is 29.4 Å². The molecule has 1 aromatic carbocycles. The summed E-state index contributed by atoms with van der Waals surface area (Å²) in [6.07, 6.45) is -0.628. The van der Waals surface area contributed by atoms with Gasteiger partial charge in [-0.25, -0.2) is 8.78 Å². The van der Waals surface area contributed by atoms with Gasteiger partial charge in [0.15, 0.2) is 6.61 Å². The lowest BCUT2D eigenvalue weighted by Crippen LogP contribution is -2.38. The van der Waals surface area contributed by atoms with Crippen LogP contribution in [0.3, 0.4) is 0 Å². The number of ether oxygens (including phenoxy) is 1. The Balaban J connectivity index is 1.85. The molecule has 1 amide bonds. The molecule has 0 bridgehead atoms. The van der Waals surface area contributed by atoms with Gasteiger partial charge in [-0.1, -0.05) is 19.1 Å². The molecule has 1 aromatic rings. The standard InChI is InChI=1S/C17H23F2NO2S2/c1-2-8-20(11-15(18)19)16(21)12-22-14-6-4-13(5-7-14)17-23-9-3-10-24-17/h4-7,15,17H,2-3,8-12H2,1H3. The zero-order valence-corrected chi connectivity index (χ0v) is 15.4. The molecule has 2 rings (SSSR count). The van der Waals surface area contributed by atoms with Gasteiger partial charge in [0.25, 0.3) is 12.3 Å². The lowest BCUT2D eigenvalue weighted by Gasteiger charge is -2.22. The Morgan fingerprint density at radius 3 is 2.54 bits per heavy atom. The molecule has 0 spiro atoms. The van der Waals surface area contributed by atoms with Gasteiger partial charge >= 0.3 is 0 Å². The molecule has 0 atom stereocenters. The summed E-state index contributed by atoms with van der Waals surface area (Å²) in [4.78, 5) is 13.2. The Bertz CT molecular complexity index is 508. The fraction of sp³-hybridized carbons (Fsp3) is 0.588. The quantitative estimate of drug-likeness (QED) is 0.672. The summed E-state index contributed by atoms with van der Waals surface area (Å²) in [5.74, 6) is 2.55. The number of thioether (sulfide) groups is 2. The van der Waals surface area contributed by atoms with Crippen molar-refractivity contribution in [2.45, 2.75) is 30.8 Å². The Morgan fingerprint density at radius 1 is 1.29 bits per heavy atom. The highest BCUT2D eigenvalue weighted by atomic mass is 32.2. The molecule has 7 heteroatoms. The van der Waals surface area contributed by atoms with Crippen molar-refractivity contribution in [3.05, 3.63) is 29.8 Å². The molecule has 1 fully saturated rings. The Labute approximate surface area is 150 Å². The molecule has 0 saturated carbocycles. The van der Waals surface area contributed by atoms with Crippen LogP contribution in [0.25, 0.3) is 0 Å². The van der Waals surface area contributed by atoms with Crippen LogP contribution in [-0.4, -0.2) is 48.4 Å². The predicted molar refractivity (Wildman–Crippen MR) is 97.1 cm³/mol. The molecule has 0 unspecified atom stereocenters. The third kappa shape index (κ3) is 6.16. The molecule has 0 radical (unpaired) electrons. The van der Waals surface area contributed by atoms with Crippen LogP contribution in [0.1, 0.15) is 29.9 Å². The average Bonchev–Trinajstić information content (AvgIpc) is 2.60. The van der Waals surface area contributed by atoms with Gasteiger partial charge in [-0.2, -0.15) is 0 Å². The molecule has 0 N–H and O–H groups in total. The van der Waals surface area contributed by atoms with Crippen molar-refractivity contribution in [2.75, 3.05) is 31.2 Å². The maximum atomic E-state index is 12.5. The molecule has 134 valence electrons. The zero-order valence-electron chi connectivity index (χ0n) is 13.7. The summed E-state index contributed by atoms with van der Waals surface area (Å²) in [6.45, 7) is 1.43. The first-order valence-electron chi connectivity index (χ1n) is 8.12. The smallest absolute Gasteiger partial charge is 0.260 e. The van der Waals surface area contributed by atoms with E-state index >= 15 is 0 Å². The summed E-state index contributed by atoms with van der Waals surface area (Å²) in [5.41, 5.74) is 1.24. The Kier molecular flexibility index (Phi) is 8.18. The van der Waals surface area contributed by atoms with Crippen LogP contribution in [0.2, 0.25) is 0 Å². The molecule has 1 saturated heterocycles. The van der Waals surface area contributed by atoms with E-state index in [0.717, 1.165) is 4.90 Å². The van der Waals surface area contributed by atoms with Crippen molar-refractivity contribution in [3.63, 3.8) is 0 Å². The van der Waals surface area contributed by atoms with E-state index in [1.165, 1.54) is 23.5 Å². The van der Waals surface area contributed by atoms with Crippen molar-refractivity contribution in [2.24, 2.45) is 0 Å².